The summed E-state index contributed by atoms with van der Waals surface area (Å²) in [7, 11) is 1.91. The van der Waals surface area contributed by atoms with Gasteiger partial charge in [0, 0.05) is 24.1 Å². The molecule has 0 fully saturated rings. The largest absolute Gasteiger partial charge is 0.349 e. The molecule has 0 atom stereocenters. The van der Waals surface area contributed by atoms with E-state index in [0.29, 0.717) is 17.2 Å². The van der Waals surface area contributed by atoms with Gasteiger partial charge in [0.1, 0.15) is 5.82 Å². The number of halogens is 2. The number of aryl methyl sites for hydroxylation is 1. The number of carbonyl (C=O) groups is 1. The van der Waals surface area contributed by atoms with Crippen molar-refractivity contribution in [2.24, 2.45) is 7.05 Å². The second-order valence-electron chi connectivity index (χ2n) is 5.53. The Morgan fingerprint density at radius 2 is 2.00 bits per heavy atom. The lowest BCUT2D eigenvalue weighted by Crippen LogP contribution is -2.24. The van der Waals surface area contributed by atoms with Gasteiger partial charge in [-0.3, -0.25) is 4.79 Å². The van der Waals surface area contributed by atoms with Gasteiger partial charge in [0.15, 0.2) is 11.6 Å². The zero-order valence-corrected chi connectivity index (χ0v) is 14.4. The topological polar surface area (TPSA) is 46.9 Å². The average molecular weight is 361 g/mol. The Bertz CT molecular complexity index is 910. The molecule has 0 unspecified atom stereocenters. The Balaban J connectivity index is 1.49. The molecule has 0 aliphatic carbocycles. The molecule has 1 N–H and O–H groups in total. The maximum Gasteiger partial charge on any atom is 0.221 e. The van der Waals surface area contributed by atoms with E-state index >= 15 is 0 Å². The van der Waals surface area contributed by atoms with Crippen molar-refractivity contribution in [2.75, 3.05) is 5.75 Å². The minimum absolute atomic E-state index is 0.109. The normalized spacial score (nSPS) is 11.0. The van der Waals surface area contributed by atoms with Crippen molar-refractivity contribution in [3.63, 3.8) is 0 Å². The maximum atomic E-state index is 13.1. The number of rotatable bonds is 6. The molecule has 1 aromatic heterocycles. The van der Waals surface area contributed by atoms with Crippen molar-refractivity contribution >= 4 is 28.7 Å². The molecule has 0 aliphatic heterocycles. The lowest BCUT2D eigenvalue weighted by Gasteiger charge is -2.06. The number of hydrogen-bond acceptors (Lipinski definition) is 3. The third kappa shape index (κ3) is 4.17. The molecule has 4 nitrogen and oxygen atoms in total. The fraction of sp³-hybridized carbons (Fsp3) is 0.222. The zero-order valence-electron chi connectivity index (χ0n) is 13.6. The van der Waals surface area contributed by atoms with Crippen LogP contribution in [0.5, 0.6) is 0 Å². The lowest BCUT2D eigenvalue weighted by atomic mass is 10.3. The van der Waals surface area contributed by atoms with E-state index in [9.17, 15) is 13.6 Å². The molecule has 130 valence electrons. The van der Waals surface area contributed by atoms with Crippen LogP contribution in [0.1, 0.15) is 12.2 Å². The number of amides is 1. The highest BCUT2D eigenvalue weighted by atomic mass is 32.2. The number of nitrogens with zero attached hydrogens (tertiary/aromatic N) is 2. The predicted molar refractivity (Wildman–Crippen MR) is 94.3 cm³/mol. The van der Waals surface area contributed by atoms with Crippen LogP contribution in [-0.4, -0.2) is 21.2 Å². The molecule has 1 heterocycles. The zero-order chi connectivity index (χ0) is 17.8. The summed E-state index contributed by atoms with van der Waals surface area (Å²) in [6.07, 6.45) is 0.285. The standard InChI is InChI=1S/C18H17F2N3OS/c1-23-16-5-3-2-4-15(16)22-17(23)11-21-18(24)8-9-25-12-6-7-13(19)14(20)10-12/h2-7,10H,8-9,11H2,1H3,(H,21,24). The number of imidazole rings is 1. The summed E-state index contributed by atoms with van der Waals surface area (Å²) in [4.78, 5) is 17.1. The first-order chi connectivity index (χ1) is 12.0. The molecule has 0 radical (unpaired) electrons. The first-order valence-corrected chi connectivity index (χ1v) is 8.78. The van der Waals surface area contributed by atoms with Crippen LogP contribution in [0.15, 0.2) is 47.4 Å². The highest BCUT2D eigenvalue weighted by molar-refractivity contribution is 7.99. The van der Waals surface area contributed by atoms with Crippen LogP contribution in [0, 0.1) is 11.6 Å². The Hall–Kier alpha value is -2.41. The Morgan fingerprint density at radius 3 is 2.76 bits per heavy atom. The van der Waals surface area contributed by atoms with Gasteiger partial charge >= 0.3 is 0 Å². The van der Waals surface area contributed by atoms with Crippen LogP contribution < -0.4 is 5.32 Å². The summed E-state index contributed by atoms with van der Waals surface area (Å²) in [6, 6.07) is 11.5. The molecular weight excluding hydrogens is 344 g/mol. The molecule has 25 heavy (non-hydrogen) atoms. The molecule has 7 heteroatoms. The molecule has 0 spiro atoms. The molecule has 1 amide bonds. The van der Waals surface area contributed by atoms with Crippen molar-refractivity contribution in [3.05, 3.63) is 59.9 Å². The van der Waals surface area contributed by atoms with Crippen LogP contribution in [0.25, 0.3) is 11.0 Å². The summed E-state index contributed by atoms with van der Waals surface area (Å²) in [5.41, 5.74) is 1.91. The molecule has 0 bridgehead atoms. The van der Waals surface area contributed by atoms with Gasteiger partial charge in [-0.05, 0) is 30.3 Å². The van der Waals surface area contributed by atoms with Gasteiger partial charge in [-0.2, -0.15) is 0 Å². The number of para-hydroxylation sites is 2. The molecule has 0 saturated heterocycles. The number of thioether (sulfide) groups is 1. The van der Waals surface area contributed by atoms with Crippen LogP contribution >= 0.6 is 11.8 Å². The van der Waals surface area contributed by atoms with Crippen LogP contribution in [0.4, 0.5) is 8.78 Å². The molecule has 0 aliphatic rings. The van der Waals surface area contributed by atoms with Crippen molar-refractivity contribution in [1.29, 1.82) is 0 Å². The maximum absolute atomic E-state index is 13.1. The van der Waals surface area contributed by atoms with E-state index < -0.39 is 11.6 Å². The third-order valence-corrected chi connectivity index (χ3v) is 4.81. The van der Waals surface area contributed by atoms with Crippen LogP contribution in [0.3, 0.4) is 0 Å². The van der Waals surface area contributed by atoms with Crippen LogP contribution in [0.2, 0.25) is 0 Å². The predicted octanol–water partition coefficient (Wildman–Crippen LogP) is 3.65. The molecule has 3 rings (SSSR count). The van der Waals surface area contributed by atoms with Gasteiger partial charge in [0.2, 0.25) is 5.91 Å². The molecule has 2 aromatic carbocycles. The van der Waals surface area contributed by atoms with Gasteiger partial charge < -0.3 is 9.88 Å². The molecular formula is C18H17F2N3OS. The van der Waals surface area contributed by atoms with Gasteiger partial charge in [0.25, 0.3) is 0 Å². The lowest BCUT2D eigenvalue weighted by molar-refractivity contribution is -0.120. The number of carbonyl (C=O) groups excluding carboxylic acids is 1. The molecule has 0 saturated carbocycles. The third-order valence-electron chi connectivity index (χ3n) is 3.81. The number of fused-ring (bicyclic) bond motifs is 1. The smallest absolute Gasteiger partial charge is 0.221 e. The fourth-order valence-electron chi connectivity index (χ4n) is 2.45. The van der Waals surface area contributed by atoms with E-state index in [2.05, 4.69) is 10.3 Å². The fourth-order valence-corrected chi connectivity index (χ4v) is 3.32. The second kappa shape index (κ2) is 7.65. The number of hydrogen-bond donors (Lipinski definition) is 1. The van der Waals surface area contributed by atoms with Gasteiger partial charge in [0.05, 0.1) is 17.6 Å². The minimum Gasteiger partial charge on any atom is -0.349 e. The SMILES string of the molecule is Cn1c(CNC(=O)CCSc2ccc(F)c(F)c2)nc2ccccc21. The van der Waals surface area contributed by atoms with Crippen LogP contribution in [-0.2, 0) is 18.4 Å². The summed E-state index contributed by atoms with van der Waals surface area (Å²) < 4.78 is 27.9. The van der Waals surface area contributed by atoms with E-state index in [1.807, 2.05) is 35.9 Å². The highest BCUT2D eigenvalue weighted by Crippen LogP contribution is 2.21. The van der Waals surface area contributed by atoms with Crippen molar-refractivity contribution in [3.8, 4) is 0 Å². The number of aromatic nitrogens is 2. The highest BCUT2D eigenvalue weighted by Gasteiger charge is 2.09. The summed E-state index contributed by atoms with van der Waals surface area (Å²) >= 11 is 1.31. The second-order valence-corrected chi connectivity index (χ2v) is 6.70. The van der Waals surface area contributed by atoms with Crippen molar-refractivity contribution in [1.82, 2.24) is 14.9 Å². The van der Waals surface area contributed by atoms with Gasteiger partial charge in [-0.15, -0.1) is 11.8 Å². The van der Waals surface area contributed by atoms with Crippen molar-refractivity contribution < 1.29 is 13.6 Å². The quantitative estimate of drug-likeness (QED) is 0.682. The Kier molecular flexibility index (Phi) is 5.33. The monoisotopic (exact) mass is 361 g/mol. The average Bonchev–Trinajstić information content (AvgIpc) is 2.93. The van der Waals surface area contributed by atoms with E-state index in [1.54, 1.807) is 0 Å². The Morgan fingerprint density at radius 1 is 1.20 bits per heavy atom. The summed E-state index contributed by atoms with van der Waals surface area (Å²) in [5, 5.41) is 2.84. The summed E-state index contributed by atoms with van der Waals surface area (Å²) in [5.74, 6) is -0.592. The van der Waals surface area contributed by atoms with Gasteiger partial charge in [-0.25, -0.2) is 13.8 Å². The first kappa shape index (κ1) is 17.4. The summed E-state index contributed by atoms with van der Waals surface area (Å²) in [6.45, 7) is 0.347. The van der Waals surface area contributed by atoms with Crippen molar-refractivity contribution in [2.45, 2.75) is 17.9 Å². The Labute approximate surface area is 148 Å². The number of nitrogens with one attached hydrogen (secondary N) is 1. The van der Waals surface area contributed by atoms with Gasteiger partial charge in [-0.1, -0.05) is 12.1 Å². The van der Waals surface area contributed by atoms with E-state index in [0.717, 1.165) is 29.0 Å². The van der Waals surface area contributed by atoms with E-state index in [1.165, 1.54) is 17.8 Å². The first-order valence-electron chi connectivity index (χ1n) is 7.79. The minimum atomic E-state index is -0.878. The van der Waals surface area contributed by atoms with E-state index in [4.69, 9.17) is 0 Å². The molecule has 3 aromatic rings. The van der Waals surface area contributed by atoms with E-state index in [-0.39, 0.29) is 12.3 Å². The number of benzene rings is 2.